The summed E-state index contributed by atoms with van der Waals surface area (Å²) in [4.78, 5) is 50.9. The summed E-state index contributed by atoms with van der Waals surface area (Å²) < 4.78 is 0. The summed E-state index contributed by atoms with van der Waals surface area (Å²) in [6, 6.07) is 14.7. The lowest BCUT2D eigenvalue weighted by molar-refractivity contribution is -0.136. The van der Waals surface area contributed by atoms with Gasteiger partial charge in [0.1, 0.15) is 6.04 Å². The van der Waals surface area contributed by atoms with Crippen molar-refractivity contribution in [3.8, 4) is 0 Å². The lowest BCUT2D eigenvalue weighted by Gasteiger charge is -2.38. The van der Waals surface area contributed by atoms with Gasteiger partial charge in [0.05, 0.1) is 0 Å². The molecule has 1 aliphatic carbocycles. The number of anilines is 1. The van der Waals surface area contributed by atoms with Crippen LogP contribution < -0.4 is 16.0 Å². The van der Waals surface area contributed by atoms with Gasteiger partial charge in [0.2, 0.25) is 11.8 Å². The molecule has 1 saturated heterocycles. The molecule has 182 valence electrons. The highest BCUT2D eigenvalue weighted by atomic mass is 16.2. The molecule has 3 aliphatic rings. The Hall–Kier alpha value is -3.68. The predicted octanol–water partition coefficient (Wildman–Crippen LogP) is 3.47. The average Bonchev–Trinajstić information content (AvgIpc) is 3.19. The Bertz CT molecular complexity index is 1160. The molecule has 2 heterocycles. The number of rotatable bonds is 5. The van der Waals surface area contributed by atoms with Gasteiger partial charge >= 0.3 is 6.03 Å². The molecule has 5 rings (SSSR count). The number of nitrogens with zero attached hydrogens (tertiary/aromatic N) is 1. The Kier molecular flexibility index (Phi) is 6.28. The van der Waals surface area contributed by atoms with Crippen molar-refractivity contribution in [1.29, 1.82) is 0 Å². The van der Waals surface area contributed by atoms with Gasteiger partial charge < -0.3 is 15.5 Å². The highest BCUT2D eigenvalue weighted by Gasteiger charge is 2.39. The van der Waals surface area contributed by atoms with Crippen LogP contribution in [0.4, 0.5) is 10.5 Å². The van der Waals surface area contributed by atoms with Crippen LogP contribution in [0.3, 0.4) is 0 Å². The Morgan fingerprint density at radius 2 is 1.80 bits per heavy atom. The summed E-state index contributed by atoms with van der Waals surface area (Å²) in [5, 5.41) is 8.28. The third-order valence-electron chi connectivity index (χ3n) is 7.57. The Labute approximate surface area is 204 Å². The molecule has 2 aromatic carbocycles. The molecule has 0 spiro atoms. The smallest absolute Gasteiger partial charge is 0.319 e. The fourth-order valence-electron chi connectivity index (χ4n) is 5.66. The zero-order valence-electron chi connectivity index (χ0n) is 19.6. The fraction of sp³-hybridized carbons (Fsp3) is 0.407. The topological polar surface area (TPSA) is 108 Å². The van der Waals surface area contributed by atoms with E-state index < -0.39 is 11.9 Å². The quantitative estimate of drug-likeness (QED) is 0.577. The maximum Gasteiger partial charge on any atom is 0.319 e. The van der Waals surface area contributed by atoms with Gasteiger partial charge in [0.25, 0.3) is 5.91 Å². The summed E-state index contributed by atoms with van der Waals surface area (Å²) in [6.45, 7) is 0.838. The number of benzene rings is 2. The van der Waals surface area contributed by atoms with Crippen molar-refractivity contribution in [2.24, 2.45) is 0 Å². The number of urea groups is 1. The van der Waals surface area contributed by atoms with Crippen molar-refractivity contribution in [3.05, 3.63) is 65.2 Å². The van der Waals surface area contributed by atoms with Crippen LogP contribution in [0.15, 0.2) is 48.5 Å². The molecule has 1 saturated carbocycles. The molecule has 0 radical (unpaired) electrons. The van der Waals surface area contributed by atoms with Crippen LogP contribution in [-0.4, -0.2) is 41.2 Å². The molecule has 0 bridgehead atoms. The van der Waals surface area contributed by atoms with Crippen LogP contribution in [0.25, 0.3) is 0 Å². The average molecular weight is 475 g/mol. The Morgan fingerprint density at radius 3 is 2.54 bits per heavy atom. The molecule has 8 heteroatoms. The summed E-state index contributed by atoms with van der Waals surface area (Å²) >= 11 is 0. The first kappa shape index (κ1) is 23.1. The summed E-state index contributed by atoms with van der Waals surface area (Å²) in [5.41, 5.74) is 3.08. The molecule has 2 aromatic rings. The number of nitrogens with one attached hydrogen (secondary N) is 3. The lowest BCUT2D eigenvalue weighted by Crippen LogP contribution is -2.52. The zero-order valence-corrected chi connectivity index (χ0v) is 19.6. The molecule has 2 aliphatic heterocycles. The molecule has 1 atom stereocenters. The minimum absolute atomic E-state index is 0.0519. The third-order valence-corrected chi connectivity index (χ3v) is 7.57. The van der Waals surface area contributed by atoms with Crippen LogP contribution >= 0.6 is 0 Å². The normalized spacial score (nSPS) is 21.3. The van der Waals surface area contributed by atoms with E-state index in [9.17, 15) is 19.2 Å². The predicted molar refractivity (Wildman–Crippen MR) is 131 cm³/mol. The molecule has 3 N–H and O–H groups in total. The number of imide groups is 1. The number of carbonyl (C=O) groups excluding carboxylic acids is 4. The molecule has 2 fully saturated rings. The fourth-order valence-corrected chi connectivity index (χ4v) is 5.66. The van der Waals surface area contributed by atoms with E-state index in [2.05, 4.69) is 40.2 Å². The Morgan fingerprint density at radius 1 is 1.03 bits per heavy atom. The lowest BCUT2D eigenvalue weighted by atomic mass is 9.69. The van der Waals surface area contributed by atoms with Crippen molar-refractivity contribution in [2.45, 2.75) is 62.9 Å². The van der Waals surface area contributed by atoms with Gasteiger partial charge in [-0.2, -0.15) is 0 Å². The SMILES string of the molecule is O=C1CCC(N2Cc3cc(NC(=O)NCC4(c5ccccc5)CCCCC4)ccc3C2=O)C(=O)N1. The first-order chi connectivity index (χ1) is 16.9. The molecule has 1 unspecified atom stereocenters. The first-order valence-corrected chi connectivity index (χ1v) is 12.3. The summed E-state index contributed by atoms with van der Waals surface area (Å²) in [6.07, 6.45) is 6.17. The van der Waals surface area contributed by atoms with Crippen molar-refractivity contribution in [1.82, 2.24) is 15.5 Å². The second-order valence-electron chi connectivity index (χ2n) is 9.79. The number of carbonyl (C=O) groups is 4. The zero-order chi connectivity index (χ0) is 24.4. The number of hydrogen-bond acceptors (Lipinski definition) is 4. The van der Waals surface area contributed by atoms with E-state index >= 15 is 0 Å². The van der Waals surface area contributed by atoms with Crippen LogP contribution in [0.1, 0.15) is 66.4 Å². The van der Waals surface area contributed by atoms with Gasteiger partial charge in [-0.25, -0.2) is 4.79 Å². The van der Waals surface area contributed by atoms with Crippen molar-refractivity contribution in [3.63, 3.8) is 0 Å². The van der Waals surface area contributed by atoms with E-state index in [-0.39, 0.29) is 36.2 Å². The van der Waals surface area contributed by atoms with Crippen LogP contribution in [0.2, 0.25) is 0 Å². The van der Waals surface area contributed by atoms with E-state index in [0.717, 1.165) is 31.2 Å². The highest BCUT2D eigenvalue weighted by Crippen LogP contribution is 2.39. The molecular formula is C27H30N4O4. The van der Waals surface area contributed by atoms with Gasteiger partial charge in [-0.1, -0.05) is 49.6 Å². The minimum Gasteiger partial charge on any atom is -0.337 e. The first-order valence-electron chi connectivity index (χ1n) is 12.3. The van der Waals surface area contributed by atoms with Gasteiger partial charge in [0.15, 0.2) is 0 Å². The maximum absolute atomic E-state index is 12.9. The van der Waals surface area contributed by atoms with Crippen LogP contribution in [-0.2, 0) is 21.5 Å². The van der Waals surface area contributed by atoms with E-state index in [1.54, 1.807) is 18.2 Å². The van der Waals surface area contributed by atoms with E-state index in [0.29, 0.717) is 24.2 Å². The van der Waals surface area contributed by atoms with E-state index in [1.807, 2.05) is 6.07 Å². The van der Waals surface area contributed by atoms with Crippen LogP contribution in [0, 0.1) is 0 Å². The van der Waals surface area contributed by atoms with Gasteiger partial charge in [0, 0.05) is 36.2 Å². The van der Waals surface area contributed by atoms with E-state index in [4.69, 9.17) is 0 Å². The number of fused-ring (bicyclic) bond motifs is 1. The maximum atomic E-state index is 12.9. The number of piperidine rings is 1. The second-order valence-corrected chi connectivity index (χ2v) is 9.79. The summed E-state index contributed by atoms with van der Waals surface area (Å²) in [7, 11) is 0. The minimum atomic E-state index is -0.656. The van der Waals surface area contributed by atoms with Crippen molar-refractivity contribution >= 4 is 29.4 Å². The molecule has 35 heavy (non-hydrogen) atoms. The van der Waals surface area contributed by atoms with Gasteiger partial charge in [-0.15, -0.1) is 0 Å². The molecular weight excluding hydrogens is 444 g/mol. The van der Waals surface area contributed by atoms with Crippen molar-refractivity contribution < 1.29 is 19.2 Å². The second kappa shape index (κ2) is 9.52. The Balaban J connectivity index is 1.23. The number of hydrogen-bond donors (Lipinski definition) is 3. The monoisotopic (exact) mass is 474 g/mol. The molecule has 8 nitrogen and oxygen atoms in total. The largest absolute Gasteiger partial charge is 0.337 e. The van der Waals surface area contributed by atoms with E-state index in [1.165, 1.54) is 16.9 Å². The molecule has 5 amide bonds. The highest BCUT2D eigenvalue weighted by molar-refractivity contribution is 6.05. The number of amides is 5. The molecule has 0 aromatic heterocycles. The van der Waals surface area contributed by atoms with Gasteiger partial charge in [-0.3, -0.25) is 19.7 Å². The third kappa shape index (κ3) is 4.65. The summed E-state index contributed by atoms with van der Waals surface area (Å²) in [5.74, 6) is -0.974. The standard InChI is InChI=1S/C27H30N4O4/c32-23-12-11-22(24(33)30-23)31-16-18-15-20(9-10-21(18)25(31)34)29-26(35)28-17-27(13-5-2-6-14-27)19-7-3-1-4-8-19/h1,3-4,7-10,15,22H,2,5-6,11-14,16-17H2,(H2,28,29,35)(H,30,32,33). The van der Waals surface area contributed by atoms with Gasteiger partial charge in [-0.05, 0) is 48.6 Å². The van der Waals surface area contributed by atoms with Crippen molar-refractivity contribution in [2.75, 3.05) is 11.9 Å². The van der Waals surface area contributed by atoms with Crippen LogP contribution in [0.5, 0.6) is 0 Å².